The standard InChI is InChI=1S/C33H41Cl2N3O4S/c1-5-6-19-36-33(40)31(21-26-13-8-7-9-14-26)37(23-27-17-18-28(34)22-29(27)35)32(39)16-11-20-38(43(4,41)42)30-15-10-12-24(2)25(30)3/h7-10,12-15,17-18,22,31H,5-6,11,16,19-21,23H2,1-4H3,(H,36,40)/t31-/m0/s1. The Morgan fingerprint density at radius 2 is 1.67 bits per heavy atom. The maximum Gasteiger partial charge on any atom is 0.243 e. The zero-order chi connectivity index (χ0) is 31.6. The Kier molecular flexibility index (Phi) is 12.9. The summed E-state index contributed by atoms with van der Waals surface area (Å²) in [5.74, 6) is -0.518. The fraction of sp³-hybridized carbons (Fsp3) is 0.394. The van der Waals surface area contributed by atoms with Crippen molar-refractivity contribution in [1.82, 2.24) is 10.2 Å². The van der Waals surface area contributed by atoms with Gasteiger partial charge in [0.2, 0.25) is 21.8 Å². The van der Waals surface area contributed by atoms with Gasteiger partial charge in [-0.05, 0) is 67.1 Å². The molecule has 10 heteroatoms. The second-order valence-electron chi connectivity index (χ2n) is 10.8. The van der Waals surface area contributed by atoms with Gasteiger partial charge in [-0.2, -0.15) is 0 Å². The topological polar surface area (TPSA) is 86.8 Å². The molecule has 0 spiro atoms. The van der Waals surface area contributed by atoms with Gasteiger partial charge in [0, 0.05) is 42.5 Å². The largest absolute Gasteiger partial charge is 0.354 e. The van der Waals surface area contributed by atoms with Crippen LogP contribution in [0, 0.1) is 13.8 Å². The van der Waals surface area contributed by atoms with Crippen molar-refractivity contribution < 1.29 is 18.0 Å². The summed E-state index contributed by atoms with van der Waals surface area (Å²) in [7, 11) is -3.60. The minimum Gasteiger partial charge on any atom is -0.354 e. The Labute approximate surface area is 266 Å². The van der Waals surface area contributed by atoms with Gasteiger partial charge in [0.25, 0.3) is 0 Å². The number of benzene rings is 3. The number of anilines is 1. The maximum absolute atomic E-state index is 14.0. The highest BCUT2D eigenvalue weighted by Gasteiger charge is 2.31. The van der Waals surface area contributed by atoms with Crippen LogP contribution in [0.5, 0.6) is 0 Å². The molecule has 0 aliphatic heterocycles. The number of hydrogen-bond acceptors (Lipinski definition) is 4. The van der Waals surface area contributed by atoms with Gasteiger partial charge in [-0.3, -0.25) is 13.9 Å². The van der Waals surface area contributed by atoms with Crippen molar-refractivity contribution in [3.05, 3.63) is 99.0 Å². The van der Waals surface area contributed by atoms with Crippen molar-refractivity contribution in [1.29, 1.82) is 0 Å². The molecule has 0 fully saturated rings. The van der Waals surface area contributed by atoms with Crippen LogP contribution in [0.25, 0.3) is 0 Å². The molecule has 7 nitrogen and oxygen atoms in total. The van der Waals surface area contributed by atoms with Crippen LogP contribution in [-0.4, -0.2) is 50.5 Å². The molecule has 0 aliphatic carbocycles. The molecule has 0 radical (unpaired) electrons. The van der Waals surface area contributed by atoms with Crippen LogP contribution in [0.2, 0.25) is 10.0 Å². The quantitative estimate of drug-likeness (QED) is 0.186. The highest BCUT2D eigenvalue weighted by atomic mass is 35.5. The van der Waals surface area contributed by atoms with Crippen molar-refractivity contribution >= 4 is 50.7 Å². The lowest BCUT2D eigenvalue weighted by atomic mass is 10.0. The third-order valence-corrected chi connectivity index (χ3v) is 9.22. The summed E-state index contributed by atoms with van der Waals surface area (Å²) in [6.45, 7) is 6.59. The molecule has 3 aromatic carbocycles. The number of carbonyl (C=O) groups is 2. The summed E-state index contributed by atoms with van der Waals surface area (Å²) < 4.78 is 26.9. The lowest BCUT2D eigenvalue weighted by Crippen LogP contribution is -2.50. The molecular weight excluding hydrogens is 605 g/mol. The number of halogens is 2. The predicted molar refractivity (Wildman–Crippen MR) is 176 cm³/mol. The molecule has 0 aromatic heterocycles. The first kappa shape index (κ1) is 34.4. The van der Waals surface area contributed by atoms with Crippen molar-refractivity contribution in [2.45, 2.75) is 65.5 Å². The van der Waals surface area contributed by atoms with Gasteiger partial charge < -0.3 is 10.2 Å². The van der Waals surface area contributed by atoms with Crippen molar-refractivity contribution in [2.75, 3.05) is 23.7 Å². The first-order chi connectivity index (χ1) is 20.4. The minimum atomic E-state index is -3.60. The van der Waals surface area contributed by atoms with E-state index in [4.69, 9.17) is 23.2 Å². The van der Waals surface area contributed by atoms with E-state index in [1.165, 1.54) is 10.6 Å². The lowest BCUT2D eigenvalue weighted by Gasteiger charge is -2.32. The second-order valence-corrected chi connectivity index (χ2v) is 13.5. The third kappa shape index (κ3) is 9.98. The van der Waals surface area contributed by atoms with E-state index in [1.54, 1.807) is 29.2 Å². The van der Waals surface area contributed by atoms with Gasteiger partial charge in [-0.15, -0.1) is 0 Å². The minimum absolute atomic E-state index is 0.0373. The number of nitrogens with one attached hydrogen (secondary N) is 1. The fourth-order valence-electron chi connectivity index (χ4n) is 4.88. The predicted octanol–water partition coefficient (Wildman–Crippen LogP) is 6.71. The summed E-state index contributed by atoms with van der Waals surface area (Å²) in [6.07, 6.45) is 3.52. The van der Waals surface area contributed by atoms with E-state index in [2.05, 4.69) is 5.32 Å². The van der Waals surface area contributed by atoms with Crippen LogP contribution < -0.4 is 9.62 Å². The Bertz CT molecular complexity index is 1500. The number of sulfonamides is 1. The SMILES string of the molecule is CCCCNC(=O)[C@H](Cc1ccccc1)N(Cc1ccc(Cl)cc1Cl)C(=O)CCCN(c1cccc(C)c1C)S(C)(=O)=O. The Balaban J connectivity index is 1.92. The van der Waals surface area contributed by atoms with Crippen LogP contribution in [0.15, 0.2) is 66.7 Å². The number of carbonyl (C=O) groups excluding carboxylic acids is 2. The molecule has 3 aromatic rings. The van der Waals surface area contributed by atoms with Gasteiger partial charge in [0.1, 0.15) is 6.04 Å². The number of aryl methyl sites for hydroxylation is 1. The molecular formula is C33H41Cl2N3O4S. The monoisotopic (exact) mass is 645 g/mol. The van der Waals surface area contributed by atoms with Gasteiger partial charge in [0.05, 0.1) is 11.9 Å². The zero-order valence-corrected chi connectivity index (χ0v) is 27.6. The summed E-state index contributed by atoms with van der Waals surface area (Å²) in [5.41, 5.74) is 4.01. The lowest BCUT2D eigenvalue weighted by molar-refractivity contribution is -0.141. The van der Waals surface area contributed by atoms with Gasteiger partial charge in [-0.25, -0.2) is 8.42 Å². The van der Waals surface area contributed by atoms with Gasteiger partial charge in [-0.1, -0.05) is 85.1 Å². The Morgan fingerprint density at radius 3 is 2.33 bits per heavy atom. The average Bonchev–Trinajstić information content (AvgIpc) is 2.95. The summed E-state index contributed by atoms with van der Waals surface area (Å²) >= 11 is 12.7. The molecule has 0 bridgehead atoms. The van der Waals surface area contributed by atoms with E-state index in [0.717, 1.165) is 29.5 Å². The molecule has 1 N–H and O–H groups in total. The van der Waals surface area contributed by atoms with Gasteiger partial charge >= 0.3 is 0 Å². The molecule has 2 amide bonds. The number of rotatable bonds is 15. The first-order valence-corrected chi connectivity index (χ1v) is 17.1. The summed E-state index contributed by atoms with van der Waals surface area (Å²) in [4.78, 5) is 29.2. The van der Waals surface area contributed by atoms with E-state index in [-0.39, 0.29) is 37.7 Å². The molecule has 0 unspecified atom stereocenters. The van der Waals surface area contributed by atoms with Crippen molar-refractivity contribution in [3.8, 4) is 0 Å². The van der Waals surface area contributed by atoms with E-state index in [0.29, 0.717) is 34.3 Å². The molecule has 0 heterocycles. The highest BCUT2D eigenvalue weighted by molar-refractivity contribution is 7.92. The second kappa shape index (κ2) is 16.1. The zero-order valence-electron chi connectivity index (χ0n) is 25.3. The number of amides is 2. The molecule has 232 valence electrons. The molecule has 0 saturated heterocycles. The van der Waals surface area contributed by atoms with Crippen LogP contribution in [0.1, 0.15) is 54.9 Å². The summed E-state index contributed by atoms with van der Waals surface area (Å²) in [5, 5.41) is 3.87. The highest BCUT2D eigenvalue weighted by Crippen LogP contribution is 2.27. The van der Waals surface area contributed by atoms with Crippen LogP contribution >= 0.6 is 23.2 Å². The van der Waals surface area contributed by atoms with E-state index >= 15 is 0 Å². The van der Waals surface area contributed by atoms with E-state index in [9.17, 15) is 18.0 Å². The van der Waals surface area contributed by atoms with Crippen molar-refractivity contribution in [2.24, 2.45) is 0 Å². The molecule has 1 atom stereocenters. The Morgan fingerprint density at radius 1 is 0.953 bits per heavy atom. The van der Waals surface area contributed by atoms with E-state index < -0.39 is 16.1 Å². The number of unbranched alkanes of at least 4 members (excludes halogenated alkanes) is 1. The number of hydrogen-bond donors (Lipinski definition) is 1. The Hall–Kier alpha value is -3.07. The van der Waals surface area contributed by atoms with Crippen molar-refractivity contribution in [3.63, 3.8) is 0 Å². The molecule has 43 heavy (non-hydrogen) atoms. The third-order valence-electron chi connectivity index (χ3n) is 7.45. The normalized spacial score (nSPS) is 12.0. The van der Waals surface area contributed by atoms with E-state index in [1.807, 2.05) is 63.2 Å². The van der Waals surface area contributed by atoms with Crippen LogP contribution in [0.3, 0.4) is 0 Å². The maximum atomic E-state index is 14.0. The average molecular weight is 647 g/mol. The fourth-order valence-corrected chi connectivity index (χ4v) is 6.37. The molecule has 3 rings (SSSR count). The summed E-state index contributed by atoms with van der Waals surface area (Å²) in [6, 6.07) is 19.4. The first-order valence-electron chi connectivity index (χ1n) is 14.5. The smallest absolute Gasteiger partial charge is 0.243 e. The number of nitrogens with zero attached hydrogens (tertiary/aromatic N) is 2. The van der Waals surface area contributed by atoms with Gasteiger partial charge in [0.15, 0.2) is 0 Å². The molecule has 0 saturated carbocycles. The van der Waals surface area contributed by atoms with Crippen LogP contribution in [0.4, 0.5) is 5.69 Å². The molecule has 0 aliphatic rings. The van der Waals surface area contributed by atoms with Crippen LogP contribution in [-0.2, 0) is 32.6 Å².